The van der Waals surface area contributed by atoms with E-state index in [1.165, 1.54) is 19.3 Å². The fourth-order valence-corrected chi connectivity index (χ4v) is 1.22. The normalized spacial score (nSPS) is 12.5. The standard InChI is InChI=1S/C9H16ClN/c1-2-3-4-5-6-9(7-10)8-11/h9H,2-7H2,1H3. The van der Waals surface area contributed by atoms with E-state index in [0.717, 1.165) is 12.8 Å². The lowest BCUT2D eigenvalue weighted by Gasteiger charge is -2.02. The number of nitriles is 1. The molecule has 0 saturated heterocycles. The Hall–Kier alpha value is -0.220. The van der Waals surface area contributed by atoms with Crippen molar-refractivity contribution in [3.63, 3.8) is 0 Å². The molecule has 1 atom stereocenters. The Labute approximate surface area is 74.4 Å². The summed E-state index contributed by atoms with van der Waals surface area (Å²) in [5.74, 6) is 0.566. The Bertz CT molecular complexity index is 117. The average molecular weight is 174 g/mol. The molecule has 1 unspecified atom stereocenters. The van der Waals surface area contributed by atoms with Gasteiger partial charge in [0.1, 0.15) is 0 Å². The minimum absolute atomic E-state index is 0.0773. The molecule has 0 bridgehead atoms. The van der Waals surface area contributed by atoms with Crippen molar-refractivity contribution in [2.75, 3.05) is 5.88 Å². The number of hydrogen-bond donors (Lipinski definition) is 0. The van der Waals surface area contributed by atoms with E-state index in [9.17, 15) is 0 Å². The fraction of sp³-hybridized carbons (Fsp3) is 0.889. The summed E-state index contributed by atoms with van der Waals surface area (Å²) in [6.45, 7) is 2.18. The van der Waals surface area contributed by atoms with Crippen LogP contribution in [0.4, 0.5) is 0 Å². The zero-order chi connectivity index (χ0) is 8.53. The lowest BCUT2D eigenvalue weighted by atomic mass is 10.0. The molecule has 0 saturated carbocycles. The zero-order valence-electron chi connectivity index (χ0n) is 7.15. The van der Waals surface area contributed by atoms with E-state index >= 15 is 0 Å². The first-order valence-corrected chi connectivity index (χ1v) is 4.84. The zero-order valence-corrected chi connectivity index (χ0v) is 7.90. The van der Waals surface area contributed by atoms with Crippen LogP contribution in [0.15, 0.2) is 0 Å². The first-order valence-electron chi connectivity index (χ1n) is 4.30. The monoisotopic (exact) mass is 173 g/mol. The molecule has 0 aliphatic rings. The smallest absolute Gasteiger partial charge is 0.0668 e. The quantitative estimate of drug-likeness (QED) is 0.447. The van der Waals surface area contributed by atoms with E-state index in [4.69, 9.17) is 16.9 Å². The van der Waals surface area contributed by atoms with Gasteiger partial charge in [-0.1, -0.05) is 32.6 Å². The molecular formula is C9H16ClN. The van der Waals surface area contributed by atoms with Crippen LogP contribution in [0, 0.1) is 17.2 Å². The van der Waals surface area contributed by atoms with Gasteiger partial charge in [0.25, 0.3) is 0 Å². The predicted molar refractivity (Wildman–Crippen MR) is 48.6 cm³/mol. The molecule has 0 aromatic carbocycles. The highest BCUT2D eigenvalue weighted by molar-refractivity contribution is 6.18. The maximum Gasteiger partial charge on any atom is 0.0668 e. The molecule has 0 amide bonds. The van der Waals surface area contributed by atoms with Crippen molar-refractivity contribution >= 4 is 11.6 Å². The van der Waals surface area contributed by atoms with Gasteiger partial charge in [-0.3, -0.25) is 0 Å². The number of nitrogens with zero attached hydrogens (tertiary/aromatic N) is 1. The molecule has 0 aliphatic heterocycles. The van der Waals surface area contributed by atoms with Crippen LogP contribution in [0.5, 0.6) is 0 Å². The summed E-state index contributed by atoms with van der Waals surface area (Å²) in [5, 5.41) is 8.55. The third-order valence-corrected chi connectivity index (χ3v) is 2.15. The van der Waals surface area contributed by atoms with Crippen molar-refractivity contribution in [3.05, 3.63) is 0 Å². The number of rotatable bonds is 6. The van der Waals surface area contributed by atoms with Gasteiger partial charge in [-0.2, -0.15) is 5.26 Å². The topological polar surface area (TPSA) is 23.8 Å². The second kappa shape index (κ2) is 7.88. The Balaban J connectivity index is 3.16. The first-order chi connectivity index (χ1) is 5.35. The fourth-order valence-electron chi connectivity index (χ4n) is 0.994. The summed E-state index contributed by atoms with van der Waals surface area (Å²) in [7, 11) is 0. The molecule has 0 aromatic heterocycles. The number of unbranched alkanes of at least 4 members (excludes halogenated alkanes) is 3. The number of alkyl halides is 1. The molecule has 2 heteroatoms. The van der Waals surface area contributed by atoms with Gasteiger partial charge in [-0.15, -0.1) is 11.6 Å². The van der Waals surface area contributed by atoms with Crippen molar-refractivity contribution in [1.29, 1.82) is 5.26 Å². The van der Waals surface area contributed by atoms with Gasteiger partial charge >= 0.3 is 0 Å². The molecule has 0 heterocycles. The van der Waals surface area contributed by atoms with E-state index in [1.54, 1.807) is 0 Å². The third-order valence-electron chi connectivity index (χ3n) is 1.77. The number of halogens is 1. The maximum atomic E-state index is 8.55. The van der Waals surface area contributed by atoms with Crippen LogP contribution in [-0.4, -0.2) is 5.88 Å². The molecule has 0 aromatic rings. The minimum atomic E-state index is 0.0773. The molecule has 0 radical (unpaired) electrons. The van der Waals surface area contributed by atoms with Crippen LogP contribution < -0.4 is 0 Å². The van der Waals surface area contributed by atoms with E-state index in [2.05, 4.69) is 13.0 Å². The van der Waals surface area contributed by atoms with Gasteiger partial charge in [0.15, 0.2) is 0 Å². The summed E-state index contributed by atoms with van der Waals surface area (Å²) in [6.07, 6.45) is 5.89. The molecule has 0 fully saturated rings. The van der Waals surface area contributed by atoms with Crippen LogP contribution in [0.1, 0.15) is 39.0 Å². The number of hydrogen-bond acceptors (Lipinski definition) is 1. The highest BCUT2D eigenvalue weighted by atomic mass is 35.5. The molecule has 64 valence electrons. The molecule has 0 spiro atoms. The largest absolute Gasteiger partial charge is 0.198 e. The molecule has 1 nitrogen and oxygen atoms in total. The molecule has 0 aliphatic carbocycles. The Kier molecular flexibility index (Phi) is 7.72. The Morgan fingerprint density at radius 3 is 2.55 bits per heavy atom. The second-order valence-electron chi connectivity index (χ2n) is 2.83. The van der Waals surface area contributed by atoms with Crippen molar-refractivity contribution in [2.24, 2.45) is 5.92 Å². The van der Waals surface area contributed by atoms with Crippen molar-refractivity contribution in [3.8, 4) is 6.07 Å². The Morgan fingerprint density at radius 1 is 1.36 bits per heavy atom. The highest BCUT2D eigenvalue weighted by Crippen LogP contribution is 2.11. The maximum absolute atomic E-state index is 8.55. The van der Waals surface area contributed by atoms with Crippen molar-refractivity contribution < 1.29 is 0 Å². The van der Waals surface area contributed by atoms with Crippen molar-refractivity contribution in [1.82, 2.24) is 0 Å². The van der Waals surface area contributed by atoms with Crippen LogP contribution >= 0.6 is 11.6 Å². The lowest BCUT2D eigenvalue weighted by Crippen LogP contribution is -1.97. The van der Waals surface area contributed by atoms with Gasteiger partial charge in [0.05, 0.1) is 12.0 Å². The van der Waals surface area contributed by atoms with Crippen LogP contribution in [0.3, 0.4) is 0 Å². The van der Waals surface area contributed by atoms with Gasteiger partial charge in [-0.05, 0) is 6.42 Å². The highest BCUT2D eigenvalue weighted by Gasteiger charge is 2.03. The van der Waals surface area contributed by atoms with Gasteiger partial charge in [-0.25, -0.2) is 0 Å². The SMILES string of the molecule is CCCCCCC(C#N)CCl. The molecule has 11 heavy (non-hydrogen) atoms. The minimum Gasteiger partial charge on any atom is -0.198 e. The van der Waals surface area contributed by atoms with Crippen LogP contribution in [0.2, 0.25) is 0 Å². The summed E-state index contributed by atoms with van der Waals surface area (Å²) in [6, 6.07) is 2.20. The summed E-state index contributed by atoms with van der Waals surface area (Å²) in [5.41, 5.74) is 0. The van der Waals surface area contributed by atoms with E-state index < -0.39 is 0 Å². The lowest BCUT2D eigenvalue weighted by molar-refractivity contribution is 0.571. The van der Waals surface area contributed by atoms with Crippen LogP contribution in [0.25, 0.3) is 0 Å². The Morgan fingerprint density at radius 2 is 2.09 bits per heavy atom. The third kappa shape index (κ3) is 6.19. The van der Waals surface area contributed by atoms with Gasteiger partial charge in [0, 0.05) is 5.88 Å². The average Bonchev–Trinajstić information content (AvgIpc) is 2.05. The van der Waals surface area contributed by atoms with E-state index in [1.807, 2.05) is 0 Å². The summed E-state index contributed by atoms with van der Waals surface area (Å²) >= 11 is 5.56. The predicted octanol–water partition coefficient (Wildman–Crippen LogP) is 3.34. The molecule has 0 N–H and O–H groups in total. The summed E-state index contributed by atoms with van der Waals surface area (Å²) in [4.78, 5) is 0. The molecule has 0 rings (SSSR count). The molecular weight excluding hydrogens is 158 g/mol. The second-order valence-corrected chi connectivity index (χ2v) is 3.14. The first kappa shape index (κ1) is 10.8. The van der Waals surface area contributed by atoms with E-state index in [0.29, 0.717) is 5.88 Å². The van der Waals surface area contributed by atoms with Gasteiger partial charge < -0.3 is 0 Å². The van der Waals surface area contributed by atoms with Gasteiger partial charge in [0.2, 0.25) is 0 Å². The van der Waals surface area contributed by atoms with Crippen molar-refractivity contribution in [2.45, 2.75) is 39.0 Å². The van der Waals surface area contributed by atoms with E-state index in [-0.39, 0.29) is 5.92 Å². The summed E-state index contributed by atoms with van der Waals surface area (Å²) < 4.78 is 0. The van der Waals surface area contributed by atoms with Crippen LogP contribution in [-0.2, 0) is 0 Å².